The van der Waals surface area contributed by atoms with Gasteiger partial charge in [-0.2, -0.15) is 0 Å². The van der Waals surface area contributed by atoms with Crippen LogP contribution in [0.4, 0.5) is 18.9 Å². The molecule has 0 spiro atoms. The summed E-state index contributed by atoms with van der Waals surface area (Å²) in [5.74, 6) is -4.56. The molecule has 0 unspecified atom stereocenters. The van der Waals surface area contributed by atoms with Gasteiger partial charge in [0.25, 0.3) is 0 Å². The number of aromatic nitrogens is 1. The average molecular weight is 416 g/mol. The molecule has 3 N–H and O–H groups in total. The maximum atomic E-state index is 14.5. The molecule has 0 saturated heterocycles. The third kappa shape index (κ3) is 3.22. The SMILES string of the molecule is [B]c1c(F)c(F)c(C)c2c1c(=O)c(C(=O)OCC)cn2-c1cc(N)c(F)cc1CO. The number of esters is 1. The van der Waals surface area contributed by atoms with E-state index in [0.29, 0.717) is 0 Å². The van der Waals surface area contributed by atoms with Crippen molar-refractivity contribution >= 4 is 35.9 Å². The molecule has 3 rings (SSSR count). The van der Waals surface area contributed by atoms with Crippen LogP contribution in [-0.2, 0) is 11.3 Å². The highest BCUT2D eigenvalue weighted by Crippen LogP contribution is 2.28. The van der Waals surface area contributed by atoms with Crippen LogP contribution in [0, 0.1) is 24.4 Å². The predicted molar refractivity (Wildman–Crippen MR) is 106 cm³/mol. The first-order chi connectivity index (χ1) is 14.1. The second-order valence-corrected chi connectivity index (χ2v) is 6.51. The molecule has 1 heterocycles. The smallest absolute Gasteiger partial charge is 0.343 e. The maximum absolute atomic E-state index is 14.5. The van der Waals surface area contributed by atoms with E-state index in [-0.39, 0.29) is 34.6 Å². The predicted octanol–water partition coefficient (Wildman–Crippen LogP) is 1.76. The maximum Gasteiger partial charge on any atom is 0.343 e. The Labute approximate surface area is 170 Å². The third-order valence-corrected chi connectivity index (χ3v) is 4.71. The van der Waals surface area contributed by atoms with Crippen molar-refractivity contribution in [3.05, 3.63) is 62.7 Å². The lowest BCUT2D eigenvalue weighted by molar-refractivity contribution is 0.0524. The Morgan fingerprint density at radius 1 is 1.27 bits per heavy atom. The van der Waals surface area contributed by atoms with Crippen molar-refractivity contribution in [3.63, 3.8) is 0 Å². The van der Waals surface area contributed by atoms with Gasteiger partial charge in [0.2, 0.25) is 5.43 Å². The van der Waals surface area contributed by atoms with Crippen molar-refractivity contribution in [1.29, 1.82) is 0 Å². The Morgan fingerprint density at radius 3 is 2.53 bits per heavy atom. The molecule has 0 amide bonds. The fourth-order valence-corrected chi connectivity index (χ4v) is 3.24. The number of anilines is 1. The second kappa shape index (κ2) is 7.87. The standard InChI is InChI=1S/C20H16BF3N2O4/c1-3-30-20(29)10-6-26(13-5-12(25)11(22)4-9(13)7-27)18-8(2)16(23)17(24)15(21)14(18)19(10)28/h4-6,27H,3,7,25H2,1-2H3. The number of hydrogen-bond acceptors (Lipinski definition) is 5. The zero-order valence-corrected chi connectivity index (χ0v) is 16.1. The Morgan fingerprint density at radius 2 is 1.93 bits per heavy atom. The Hall–Kier alpha value is -3.27. The molecule has 1 aromatic heterocycles. The van der Waals surface area contributed by atoms with Gasteiger partial charge in [-0.3, -0.25) is 4.79 Å². The van der Waals surface area contributed by atoms with Crippen LogP contribution < -0.4 is 16.6 Å². The van der Waals surface area contributed by atoms with Gasteiger partial charge < -0.3 is 20.1 Å². The molecule has 10 heteroatoms. The lowest BCUT2D eigenvalue weighted by Crippen LogP contribution is -2.28. The van der Waals surface area contributed by atoms with Crippen LogP contribution in [0.2, 0.25) is 0 Å². The number of carbonyl (C=O) groups excluding carboxylic acids is 1. The molecular weight excluding hydrogens is 400 g/mol. The number of aliphatic hydroxyl groups is 1. The van der Waals surface area contributed by atoms with Crippen molar-refractivity contribution in [2.75, 3.05) is 12.3 Å². The van der Waals surface area contributed by atoms with Gasteiger partial charge in [0, 0.05) is 22.7 Å². The Kier molecular flexibility index (Phi) is 5.62. The van der Waals surface area contributed by atoms with Crippen molar-refractivity contribution < 1.29 is 27.8 Å². The quantitative estimate of drug-likeness (QED) is 0.384. The summed E-state index contributed by atoms with van der Waals surface area (Å²) >= 11 is 0. The van der Waals surface area contributed by atoms with Gasteiger partial charge in [0.15, 0.2) is 11.6 Å². The molecule has 2 radical (unpaired) electrons. The molecule has 0 aliphatic rings. The minimum atomic E-state index is -1.44. The number of benzene rings is 2. The number of nitrogens with zero attached hydrogens (tertiary/aromatic N) is 1. The molecule has 0 bridgehead atoms. The molecule has 30 heavy (non-hydrogen) atoms. The van der Waals surface area contributed by atoms with E-state index in [2.05, 4.69) is 0 Å². The molecule has 6 nitrogen and oxygen atoms in total. The first-order valence-electron chi connectivity index (χ1n) is 8.82. The van der Waals surface area contributed by atoms with E-state index >= 15 is 0 Å². The van der Waals surface area contributed by atoms with Crippen LogP contribution in [0.15, 0.2) is 23.1 Å². The number of rotatable bonds is 4. The molecule has 0 aliphatic carbocycles. The molecule has 0 saturated carbocycles. The number of ether oxygens (including phenoxy) is 1. The summed E-state index contributed by atoms with van der Waals surface area (Å²) in [6.07, 6.45) is 1.04. The number of hydrogen-bond donors (Lipinski definition) is 2. The van der Waals surface area contributed by atoms with Gasteiger partial charge in [0.1, 0.15) is 19.2 Å². The summed E-state index contributed by atoms with van der Waals surface area (Å²) in [7, 11) is 5.69. The Balaban J connectivity index is 2.60. The number of fused-ring (bicyclic) bond motifs is 1. The summed E-state index contributed by atoms with van der Waals surface area (Å²) in [5.41, 5.74) is 2.69. The van der Waals surface area contributed by atoms with Crippen molar-refractivity contribution in [2.45, 2.75) is 20.5 Å². The van der Waals surface area contributed by atoms with E-state index in [1.54, 1.807) is 0 Å². The van der Waals surface area contributed by atoms with Crippen LogP contribution in [0.5, 0.6) is 0 Å². The summed E-state index contributed by atoms with van der Waals surface area (Å²) in [4.78, 5) is 25.3. The van der Waals surface area contributed by atoms with E-state index < -0.39 is 51.9 Å². The van der Waals surface area contributed by atoms with Gasteiger partial charge in [0.05, 0.1) is 30.1 Å². The number of nitrogens with two attached hydrogens (primary N) is 1. The molecule has 2 aromatic carbocycles. The van der Waals surface area contributed by atoms with E-state index in [4.69, 9.17) is 18.3 Å². The van der Waals surface area contributed by atoms with E-state index in [0.717, 1.165) is 22.9 Å². The van der Waals surface area contributed by atoms with Crippen LogP contribution >= 0.6 is 0 Å². The van der Waals surface area contributed by atoms with Gasteiger partial charge in [-0.05, 0) is 31.4 Å². The highest BCUT2D eigenvalue weighted by molar-refractivity contribution is 6.39. The summed E-state index contributed by atoms with van der Waals surface area (Å²) < 4.78 is 48.7. The highest BCUT2D eigenvalue weighted by Gasteiger charge is 2.25. The average Bonchev–Trinajstić information content (AvgIpc) is 2.72. The number of halogens is 3. The lowest BCUT2D eigenvalue weighted by atomic mass is 9.87. The molecule has 3 aromatic rings. The minimum absolute atomic E-state index is 0.0177. The fraction of sp³-hybridized carbons (Fsp3) is 0.200. The first kappa shape index (κ1) is 21.4. The lowest BCUT2D eigenvalue weighted by Gasteiger charge is -2.20. The van der Waals surface area contributed by atoms with E-state index in [9.17, 15) is 27.9 Å². The van der Waals surface area contributed by atoms with Gasteiger partial charge in [-0.1, -0.05) is 0 Å². The van der Waals surface area contributed by atoms with Crippen molar-refractivity contribution in [3.8, 4) is 5.69 Å². The summed E-state index contributed by atoms with van der Waals surface area (Å²) in [6.45, 7) is 2.04. The number of nitrogen functional groups attached to an aromatic ring is 1. The van der Waals surface area contributed by atoms with Crippen LogP contribution in [-0.4, -0.2) is 30.1 Å². The van der Waals surface area contributed by atoms with Gasteiger partial charge >= 0.3 is 5.97 Å². The number of aryl methyl sites for hydroxylation is 1. The van der Waals surface area contributed by atoms with Crippen LogP contribution in [0.3, 0.4) is 0 Å². The van der Waals surface area contributed by atoms with E-state index in [1.807, 2.05) is 0 Å². The van der Waals surface area contributed by atoms with Gasteiger partial charge in [-0.25, -0.2) is 18.0 Å². The zero-order chi connectivity index (χ0) is 22.3. The van der Waals surface area contributed by atoms with Crippen molar-refractivity contribution in [1.82, 2.24) is 4.57 Å². The van der Waals surface area contributed by atoms with Gasteiger partial charge in [-0.15, -0.1) is 0 Å². The second-order valence-electron chi connectivity index (χ2n) is 6.51. The number of pyridine rings is 1. The Bertz CT molecular complexity index is 1260. The topological polar surface area (TPSA) is 94.6 Å². The number of aliphatic hydroxyl groups excluding tert-OH is 1. The van der Waals surface area contributed by atoms with Crippen LogP contribution in [0.1, 0.15) is 28.4 Å². The van der Waals surface area contributed by atoms with E-state index in [1.165, 1.54) is 13.8 Å². The molecule has 0 atom stereocenters. The zero-order valence-electron chi connectivity index (χ0n) is 16.1. The minimum Gasteiger partial charge on any atom is -0.462 e. The highest BCUT2D eigenvalue weighted by atomic mass is 19.2. The largest absolute Gasteiger partial charge is 0.462 e. The monoisotopic (exact) mass is 416 g/mol. The summed E-state index contributed by atoms with van der Waals surface area (Å²) in [5, 5.41) is 9.22. The third-order valence-electron chi connectivity index (χ3n) is 4.71. The fourth-order valence-electron chi connectivity index (χ4n) is 3.24. The summed E-state index contributed by atoms with van der Waals surface area (Å²) in [6, 6.07) is 2.09. The van der Waals surface area contributed by atoms with Crippen molar-refractivity contribution in [2.24, 2.45) is 0 Å². The van der Waals surface area contributed by atoms with Crippen LogP contribution in [0.25, 0.3) is 16.6 Å². The molecular formula is C20H16BF3N2O4. The normalized spacial score (nSPS) is 11.1. The number of carbonyl (C=O) groups is 1. The molecule has 154 valence electrons. The molecule has 0 fully saturated rings. The first-order valence-corrected chi connectivity index (χ1v) is 8.82. The molecule has 0 aliphatic heterocycles.